The summed E-state index contributed by atoms with van der Waals surface area (Å²) in [5.41, 5.74) is 2.63. The first-order valence-electron chi connectivity index (χ1n) is 10.2. The number of pyridine rings is 2. The van der Waals surface area contributed by atoms with Gasteiger partial charge in [-0.3, -0.25) is 0 Å². The van der Waals surface area contributed by atoms with E-state index in [1.807, 2.05) is 0 Å². The van der Waals surface area contributed by atoms with Crippen LogP contribution in [0.15, 0.2) is 42.5 Å². The lowest BCUT2D eigenvalue weighted by Crippen LogP contribution is -2.05. The number of aromatic nitrogens is 2. The van der Waals surface area contributed by atoms with Gasteiger partial charge in [-0.15, -0.1) is 0 Å². The van der Waals surface area contributed by atoms with Crippen molar-refractivity contribution in [3.8, 4) is 6.07 Å². The Hall–Kier alpha value is -1.70. The van der Waals surface area contributed by atoms with E-state index in [4.69, 9.17) is 77.0 Å². The number of rotatable bonds is 10. The second-order valence-electron chi connectivity index (χ2n) is 7.05. The minimum absolute atomic E-state index is 0. The summed E-state index contributed by atoms with van der Waals surface area (Å²) in [6.07, 6.45) is 0. The molecule has 3 aromatic rings. The van der Waals surface area contributed by atoms with Crippen LogP contribution in [0.5, 0.6) is 0 Å². The number of nitrogens with zero attached hydrogens (tertiary/aromatic N) is 3. The molecule has 208 valence electrons. The number of methoxy groups -OCH3 is 2. The molecule has 12 heteroatoms. The Balaban J connectivity index is 0.000000784. The zero-order valence-corrected chi connectivity index (χ0v) is 23.1. The number of halogens is 5. The molecule has 2 heterocycles. The van der Waals surface area contributed by atoms with Gasteiger partial charge in [0.05, 0.1) is 25.0 Å². The topological polar surface area (TPSA) is 86.5 Å². The Morgan fingerprint density at radius 2 is 1.21 bits per heavy atom. The summed E-state index contributed by atoms with van der Waals surface area (Å²) >= 11 is 29.8. The van der Waals surface area contributed by atoms with E-state index in [1.165, 1.54) is 7.11 Å². The highest BCUT2D eigenvalue weighted by molar-refractivity contribution is 6.36. The number of nitriles is 1. The van der Waals surface area contributed by atoms with Crippen LogP contribution in [-0.2, 0) is 32.2 Å². The zero-order valence-electron chi connectivity index (χ0n) is 19.3. The molecular weight excluding hydrogens is 596 g/mol. The highest BCUT2D eigenvalue weighted by Crippen LogP contribution is 2.35. The molecule has 0 saturated heterocycles. The molecule has 0 radical (unpaired) electrons. The van der Waals surface area contributed by atoms with E-state index in [-0.39, 0.29) is 40.2 Å². The van der Waals surface area contributed by atoms with E-state index in [2.05, 4.69) is 16.0 Å². The second-order valence-corrected chi connectivity index (χ2v) is 9.03. The maximum Gasteiger partial charge on any atom is 0.146 e. The first-order valence-corrected chi connectivity index (χ1v) is 12.1. The molecule has 1 unspecified atom stereocenters. The molecule has 0 saturated carbocycles. The highest BCUT2D eigenvalue weighted by Gasteiger charge is 2.22. The van der Waals surface area contributed by atoms with E-state index >= 15 is 0 Å². The maximum atomic E-state index is 9.58. The summed E-state index contributed by atoms with van der Waals surface area (Å²) in [5, 5.41) is 11.4. The molecule has 7 nitrogen and oxygen atoms in total. The van der Waals surface area contributed by atoms with Crippen molar-refractivity contribution in [1.82, 2.24) is 9.97 Å². The molecule has 0 aliphatic heterocycles. The van der Waals surface area contributed by atoms with Crippen LogP contribution in [0, 0.1) is 11.3 Å². The molecule has 0 fully saturated rings. The van der Waals surface area contributed by atoms with Crippen molar-refractivity contribution < 1.29 is 18.9 Å². The van der Waals surface area contributed by atoms with Gasteiger partial charge < -0.3 is 18.9 Å². The third-order valence-electron chi connectivity index (χ3n) is 4.35. The molecule has 0 amide bonds. The first-order chi connectivity index (χ1) is 17.3. The van der Waals surface area contributed by atoms with E-state index in [0.29, 0.717) is 38.2 Å². The first kappa shape index (κ1) is 36.3. The van der Waals surface area contributed by atoms with Gasteiger partial charge in [0.15, 0.2) is 0 Å². The molecule has 3 rings (SSSR count). The van der Waals surface area contributed by atoms with Gasteiger partial charge in [-0.25, -0.2) is 9.97 Å². The zero-order chi connectivity index (χ0) is 26.5. The minimum atomic E-state index is -0.726. The lowest BCUT2D eigenvalue weighted by Gasteiger charge is -2.14. The summed E-state index contributed by atoms with van der Waals surface area (Å²) < 4.78 is 20.0. The number of hydrogen-bond acceptors (Lipinski definition) is 7. The summed E-state index contributed by atoms with van der Waals surface area (Å²) in [7, 11) is 3.10. The molecule has 1 atom stereocenters. The Bertz CT molecular complexity index is 1140. The van der Waals surface area contributed by atoms with E-state index in [1.54, 1.807) is 49.6 Å². The Morgan fingerprint density at radius 3 is 1.66 bits per heavy atom. The molecule has 0 aliphatic carbocycles. The quantitative estimate of drug-likeness (QED) is 0.127. The molecule has 2 aromatic heterocycles. The maximum absolute atomic E-state index is 9.58. The van der Waals surface area contributed by atoms with Crippen LogP contribution in [-0.4, -0.2) is 37.8 Å². The van der Waals surface area contributed by atoms with Crippen molar-refractivity contribution in [3.05, 3.63) is 90.4 Å². The number of benzene rings is 1. The van der Waals surface area contributed by atoms with Gasteiger partial charge in [0.2, 0.25) is 0 Å². The van der Waals surface area contributed by atoms with Gasteiger partial charge in [0.1, 0.15) is 35.0 Å². The molecule has 38 heavy (non-hydrogen) atoms. The van der Waals surface area contributed by atoms with Crippen LogP contribution in [0.25, 0.3) is 0 Å². The summed E-state index contributed by atoms with van der Waals surface area (Å²) in [6, 6.07) is 14.1. The average Bonchev–Trinajstić information content (AvgIpc) is 2.81. The molecule has 0 spiro atoms. The smallest absolute Gasteiger partial charge is 0.146 e. The molecular formula is C26H30Cl5N3O4. The van der Waals surface area contributed by atoms with Crippen molar-refractivity contribution in [2.45, 2.75) is 34.0 Å². The van der Waals surface area contributed by atoms with Crippen molar-refractivity contribution in [2.75, 3.05) is 27.8 Å². The lowest BCUT2D eigenvalue weighted by atomic mass is 9.95. The summed E-state index contributed by atoms with van der Waals surface area (Å²) in [5.74, 6) is -0.726. The molecule has 1 aromatic carbocycles. The van der Waals surface area contributed by atoms with E-state index in [0.717, 1.165) is 11.1 Å². The normalized spacial score (nSPS) is 10.8. The fourth-order valence-corrected chi connectivity index (χ4v) is 4.31. The van der Waals surface area contributed by atoms with Gasteiger partial charge in [0, 0.05) is 29.8 Å². The minimum Gasteiger partial charge on any atom is -0.359 e. The second kappa shape index (κ2) is 19.4. The highest BCUT2D eigenvalue weighted by atomic mass is 35.5. The van der Waals surface area contributed by atoms with E-state index < -0.39 is 5.92 Å². The van der Waals surface area contributed by atoms with Crippen molar-refractivity contribution in [3.63, 3.8) is 0 Å². The van der Waals surface area contributed by atoms with Gasteiger partial charge in [-0.2, -0.15) is 5.26 Å². The van der Waals surface area contributed by atoms with Crippen LogP contribution < -0.4 is 0 Å². The number of ether oxygens (including phenoxy) is 4. The fraction of sp³-hybridized carbons (Fsp3) is 0.346. The Kier molecular flexibility index (Phi) is 18.5. The third-order valence-corrected chi connectivity index (χ3v) is 5.59. The molecule has 0 N–H and O–H groups in total. The lowest BCUT2D eigenvalue weighted by molar-refractivity contribution is -0.0391. The summed E-state index contributed by atoms with van der Waals surface area (Å²) in [6.45, 7) is 1.11. The van der Waals surface area contributed by atoms with Crippen LogP contribution in [0.1, 0.15) is 43.2 Å². The van der Waals surface area contributed by atoms with Gasteiger partial charge in [0.25, 0.3) is 0 Å². The largest absolute Gasteiger partial charge is 0.359 e. The fourth-order valence-electron chi connectivity index (χ4n) is 2.95. The van der Waals surface area contributed by atoms with Gasteiger partial charge in [-0.05, 0) is 47.5 Å². The van der Waals surface area contributed by atoms with Crippen LogP contribution in [0.3, 0.4) is 0 Å². The Labute approximate surface area is 249 Å². The molecule has 0 aliphatic rings. The SMILES string of the molecule is C.C.COCOCc1cc(Cl)nc(C(C#N)c2c(Cl)cccc2Cl)c1.COCOCc1cc(Cl)nc(Cl)c1. The van der Waals surface area contributed by atoms with Crippen molar-refractivity contribution in [2.24, 2.45) is 0 Å². The van der Waals surface area contributed by atoms with Gasteiger partial charge >= 0.3 is 0 Å². The standard InChI is InChI=1S/C16H13Cl3N2O2.C8H9Cl2NO2.2CH4/c1-22-9-23-8-10-5-14(21-15(19)6-10)11(7-20)16-12(17)3-2-4-13(16)18;1-12-5-13-4-6-2-7(9)11-8(10)3-6;;/h2-6,11H,8-9H2,1H3;2-3H,4-5H2,1H3;2*1H4. The average molecular weight is 626 g/mol. The molecule has 0 bridgehead atoms. The van der Waals surface area contributed by atoms with Crippen LogP contribution in [0.2, 0.25) is 25.5 Å². The predicted octanol–water partition coefficient (Wildman–Crippen LogP) is 8.60. The van der Waals surface area contributed by atoms with Gasteiger partial charge in [-0.1, -0.05) is 78.9 Å². The van der Waals surface area contributed by atoms with E-state index in [9.17, 15) is 5.26 Å². The van der Waals surface area contributed by atoms with Crippen LogP contribution in [0.4, 0.5) is 0 Å². The van der Waals surface area contributed by atoms with Crippen molar-refractivity contribution in [1.29, 1.82) is 5.26 Å². The predicted molar refractivity (Wildman–Crippen MR) is 154 cm³/mol. The Morgan fingerprint density at radius 1 is 0.763 bits per heavy atom. The number of hydrogen-bond donors (Lipinski definition) is 0. The summed E-state index contributed by atoms with van der Waals surface area (Å²) in [4.78, 5) is 8.04. The van der Waals surface area contributed by atoms with Crippen LogP contribution >= 0.6 is 58.0 Å². The monoisotopic (exact) mass is 623 g/mol. The third kappa shape index (κ3) is 12.0. The van der Waals surface area contributed by atoms with Crippen molar-refractivity contribution >= 4 is 58.0 Å².